The summed E-state index contributed by atoms with van der Waals surface area (Å²) in [7, 11) is 2.00. The van der Waals surface area contributed by atoms with Gasteiger partial charge in [-0.25, -0.2) is 4.98 Å². The number of H-pyrrole nitrogens is 1. The van der Waals surface area contributed by atoms with E-state index >= 15 is 0 Å². The number of hydrogen-bond acceptors (Lipinski definition) is 3. The fraction of sp³-hybridized carbons (Fsp3) is 0.500. The molecule has 2 aliphatic heterocycles. The fourth-order valence-electron chi connectivity index (χ4n) is 4.44. The van der Waals surface area contributed by atoms with Crippen molar-refractivity contribution in [1.29, 1.82) is 0 Å². The zero-order valence-electron chi connectivity index (χ0n) is 15.0. The second-order valence-corrected chi connectivity index (χ2v) is 7.54. The van der Waals surface area contributed by atoms with E-state index in [1.807, 2.05) is 30.1 Å². The Bertz CT molecular complexity index is 746. The average Bonchev–Trinajstić information content (AvgIpc) is 3.15. The number of carbonyl (C=O) groups is 1. The van der Waals surface area contributed by atoms with Gasteiger partial charge >= 0.3 is 0 Å². The van der Waals surface area contributed by atoms with Crippen LogP contribution in [0.25, 0.3) is 0 Å². The summed E-state index contributed by atoms with van der Waals surface area (Å²) in [4.78, 5) is 24.9. The third-order valence-electron chi connectivity index (χ3n) is 6.22. The summed E-state index contributed by atoms with van der Waals surface area (Å²) in [6.07, 6.45) is 4.80. The lowest BCUT2D eigenvalue weighted by Crippen LogP contribution is -2.51. The summed E-state index contributed by atoms with van der Waals surface area (Å²) in [6, 6.07) is 10.2. The molecule has 2 aliphatic rings. The Kier molecular flexibility index (Phi) is 4.12. The van der Waals surface area contributed by atoms with Gasteiger partial charge in [0.15, 0.2) is 0 Å². The van der Waals surface area contributed by atoms with Crippen LogP contribution in [-0.4, -0.2) is 51.4 Å². The quantitative estimate of drug-likeness (QED) is 0.936. The predicted octanol–water partition coefficient (Wildman–Crippen LogP) is 2.70. The summed E-state index contributed by atoms with van der Waals surface area (Å²) < 4.78 is 0. The van der Waals surface area contributed by atoms with E-state index in [2.05, 4.69) is 33.9 Å². The molecule has 2 fully saturated rings. The van der Waals surface area contributed by atoms with Crippen molar-refractivity contribution in [3.63, 3.8) is 0 Å². The predicted molar refractivity (Wildman–Crippen MR) is 97.1 cm³/mol. The Hall–Kier alpha value is -2.14. The van der Waals surface area contributed by atoms with Gasteiger partial charge in [0.2, 0.25) is 5.91 Å². The van der Waals surface area contributed by atoms with Crippen LogP contribution < -0.4 is 0 Å². The second kappa shape index (κ2) is 6.30. The molecule has 1 aromatic carbocycles. The molecule has 2 saturated heterocycles. The van der Waals surface area contributed by atoms with Crippen LogP contribution in [-0.2, 0) is 11.3 Å². The third kappa shape index (κ3) is 2.86. The molecule has 0 unspecified atom stereocenters. The molecule has 0 aliphatic carbocycles. The van der Waals surface area contributed by atoms with Gasteiger partial charge < -0.3 is 9.88 Å². The highest BCUT2D eigenvalue weighted by atomic mass is 16.2. The molecule has 2 aromatic rings. The van der Waals surface area contributed by atoms with Gasteiger partial charge in [-0.05, 0) is 31.7 Å². The largest absolute Gasteiger partial charge is 0.348 e. The first-order valence-electron chi connectivity index (χ1n) is 9.13. The molecule has 1 amide bonds. The molecule has 5 nitrogen and oxygen atoms in total. The molecule has 0 bridgehead atoms. The zero-order chi connectivity index (χ0) is 17.4. The number of aromatic amines is 1. The summed E-state index contributed by atoms with van der Waals surface area (Å²) in [5.74, 6) is 0.300. The molecule has 1 spiro atoms. The number of amides is 1. The van der Waals surface area contributed by atoms with Crippen LogP contribution in [0.3, 0.4) is 0 Å². The van der Waals surface area contributed by atoms with Crippen LogP contribution in [0.4, 0.5) is 0 Å². The van der Waals surface area contributed by atoms with E-state index in [-0.39, 0.29) is 17.4 Å². The third-order valence-corrected chi connectivity index (χ3v) is 6.22. The monoisotopic (exact) mass is 338 g/mol. The Morgan fingerprint density at radius 1 is 1.24 bits per heavy atom. The van der Waals surface area contributed by atoms with Crippen LogP contribution in [0.5, 0.6) is 0 Å². The molecular formula is C20H26N4O. The van der Waals surface area contributed by atoms with Crippen LogP contribution in [0, 0.1) is 6.92 Å². The number of piperidine rings is 1. The number of hydrogen-bond donors (Lipinski definition) is 1. The van der Waals surface area contributed by atoms with E-state index in [4.69, 9.17) is 0 Å². The van der Waals surface area contributed by atoms with Gasteiger partial charge in [0.05, 0.1) is 17.9 Å². The maximum atomic E-state index is 12.9. The van der Waals surface area contributed by atoms with Gasteiger partial charge in [0, 0.05) is 37.9 Å². The number of likely N-dealkylation sites (tertiary alicyclic amines) is 2. The number of aryl methyl sites for hydroxylation is 1. The number of nitrogens with zero attached hydrogens (tertiary/aromatic N) is 3. The van der Waals surface area contributed by atoms with Gasteiger partial charge in [-0.2, -0.15) is 0 Å². The summed E-state index contributed by atoms with van der Waals surface area (Å²) in [5, 5.41) is 0. The van der Waals surface area contributed by atoms with Gasteiger partial charge in [-0.1, -0.05) is 30.3 Å². The molecule has 3 heterocycles. The van der Waals surface area contributed by atoms with Crippen molar-refractivity contribution in [2.75, 3.05) is 20.1 Å². The molecule has 1 N–H and O–H groups in total. The Morgan fingerprint density at radius 2 is 1.96 bits per heavy atom. The van der Waals surface area contributed by atoms with E-state index in [1.165, 1.54) is 0 Å². The van der Waals surface area contributed by atoms with Crippen LogP contribution >= 0.6 is 0 Å². The average molecular weight is 338 g/mol. The topological polar surface area (TPSA) is 52.2 Å². The van der Waals surface area contributed by atoms with Crippen LogP contribution in [0.1, 0.15) is 42.1 Å². The van der Waals surface area contributed by atoms with E-state index in [0.717, 1.165) is 55.8 Å². The Morgan fingerprint density at radius 3 is 2.60 bits per heavy atom. The van der Waals surface area contributed by atoms with Gasteiger partial charge in [-0.15, -0.1) is 0 Å². The normalized spacial score (nSPS) is 23.5. The van der Waals surface area contributed by atoms with E-state index in [1.54, 1.807) is 6.33 Å². The fourth-order valence-corrected chi connectivity index (χ4v) is 4.44. The van der Waals surface area contributed by atoms with Gasteiger partial charge in [0.1, 0.15) is 0 Å². The first-order chi connectivity index (χ1) is 12.1. The van der Waals surface area contributed by atoms with Crippen molar-refractivity contribution in [3.8, 4) is 0 Å². The highest BCUT2D eigenvalue weighted by Crippen LogP contribution is 2.44. The molecule has 1 atom stereocenters. The summed E-state index contributed by atoms with van der Waals surface area (Å²) in [6.45, 7) is 5.00. The van der Waals surface area contributed by atoms with Crippen molar-refractivity contribution in [3.05, 3.63) is 53.6 Å². The van der Waals surface area contributed by atoms with E-state index < -0.39 is 0 Å². The minimum atomic E-state index is 0.0198. The Labute approximate surface area is 149 Å². The number of imidazole rings is 1. The lowest BCUT2D eigenvalue weighted by Gasteiger charge is -2.43. The molecular weight excluding hydrogens is 312 g/mol. The molecule has 5 heteroatoms. The molecule has 0 radical (unpaired) electrons. The minimum Gasteiger partial charge on any atom is -0.348 e. The highest BCUT2D eigenvalue weighted by molar-refractivity contribution is 5.87. The second-order valence-electron chi connectivity index (χ2n) is 7.54. The smallest absolute Gasteiger partial charge is 0.230 e. The lowest BCUT2D eigenvalue weighted by molar-refractivity contribution is -0.131. The van der Waals surface area contributed by atoms with Crippen LogP contribution in [0.2, 0.25) is 0 Å². The maximum absolute atomic E-state index is 12.9. The van der Waals surface area contributed by atoms with Crippen molar-refractivity contribution in [2.24, 2.45) is 0 Å². The summed E-state index contributed by atoms with van der Waals surface area (Å²) >= 11 is 0. The molecule has 0 saturated carbocycles. The summed E-state index contributed by atoms with van der Waals surface area (Å²) in [5.41, 5.74) is 3.46. The van der Waals surface area contributed by atoms with Crippen molar-refractivity contribution >= 4 is 5.91 Å². The zero-order valence-corrected chi connectivity index (χ0v) is 15.0. The number of nitrogens with one attached hydrogen (secondary N) is 1. The first-order valence-corrected chi connectivity index (χ1v) is 9.13. The van der Waals surface area contributed by atoms with Crippen molar-refractivity contribution in [2.45, 2.75) is 44.2 Å². The highest BCUT2D eigenvalue weighted by Gasteiger charge is 2.50. The molecule has 132 valence electrons. The minimum absolute atomic E-state index is 0.0198. The van der Waals surface area contributed by atoms with Crippen molar-refractivity contribution < 1.29 is 4.79 Å². The molecule has 4 rings (SSSR count). The number of benzene rings is 1. The van der Waals surface area contributed by atoms with Gasteiger partial charge in [0.25, 0.3) is 0 Å². The van der Waals surface area contributed by atoms with Gasteiger partial charge in [-0.3, -0.25) is 9.69 Å². The number of carbonyl (C=O) groups excluding carboxylic acids is 1. The van der Waals surface area contributed by atoms with Crippen molar-refractivity contribution in [1.82, 2.24) is 19.8 Å². The standard InChI is InChI=1S/C20H26N4O/c1-15-18(22-14-21-15)13-24-10-8-20(9-11-24)12-17(19(25)23(20)2)16-6-4-3-5-7-16/h3-7,14,17H,8-13H2,1-2H3,(H,21,22)/t17-/m0/s1. The van der Waals surface area contributed by atoms with E-state index in [0.29, 0.717) is 0 Å². The number of rotatable bonds is 3. The molecule has 25 heavy (non-hydrogen) atoms. The van der Waals surface area contributed by atoms with E-state index in [9.17, 15) is 4.79 Å². The Balaban J connectivity index is 1.45. The van der Waals surface area contributed by atoms with Crippen LogP contribution in [0.15, 0.2) is 36.7 Å². The molecule has 1 aromatic heterocycles. The maximum Gasteiger partial charge on any atom is 0.230 e. The lowest BCUT2D eigenvalue weighted by atomic mass is 9.81. The number of aromatic nitrogens is 2. The SMILES string of the molecule is Cc1[nH]cnc1CN1CCC2(CC1)C[C@@H](c1ccccc1)C(=O)N2C. The number of likely N-dealkylation sites (N-methyl/N-ethyl adjacent to an activating group) is 1. The first kappa shape index (κ1) is 16.3.